The van der Waals surface area contributed by atoms with Crippen molar-refractivity contribution in [1.29, 1.82) is 0 Å². The number of thiophene rings is 1. The van der Waals surface area contributed by atoms with Crippen molar-refractivity contribution in [3.05, 3.63) is 45.7 Å². The highest BCUT2D eigenvalue weighted by Crippen LogP contribution is 2.40. The summed E-state index contributed by atoms with van der Waals surface area (Å²) in [6.07, 6.45) is 2.07. The van der Waals surface area contributed by atoms with Gasteiger partial charge in [0.1, 0.15) is 10.7 Å². The Kier molecular flexibility index (Phi) is 3.58. The summed E-state index contributed by atoms with van der Waals surface area (Å²) in [6, 6.07) is 7.17. The number of aromatic nitrogens is 2. The lowest BCUT2D eigenvalue weighted by atomic mass is 10.1. The summed E-state index contributed by atoms with van der Waals surface area (Å²) >= 11 is 3.43. The Morgan fingerprint density at radius 1 is 1.26 bits per heavy atom. The number of H-pyrrole nitrogens is 1. The summed E-state index contributed by atoms with van der Waals surface area (Å²) in [6.45, 7) is 1.54. The first kappa shape index (κ1) is 14.7. The minimum atomic E-state index is -0.0688. The molecule has 1 N–H and O–H groups in total. The van der Waals surface area contributed by atoms with Crippen LogP contribution in [0.5, 0.6) is 0 Å². The second kappa shape index (κ2) is 5.62. The quantitative estimate of drug-likeness (QED) is 0.718. The van der Waals surface area contributed by atoms with Crippen molar-refractivity contribution in [2.45, 2.75) is 24.0 Å². The average molecular weight is 342 g/mol. The third-order valence-corrected chi connectivity index (χ3v) is 6.52. The lowest BCUT2D eigenvalue weighted by Gasteiger charge is -2.09. The summed E-state index contributed by atoms with van der Waals surface area (Å²) < 4.78 is 1.23. The summed E-state index contributed by atoms with van der Waals surface area (Å²) in [5.74, 6) is 1.69. The molecular weight excluding hydrogens is 328 g/mol. The van der Waals surface area contributed by atoms with Crippen LogP contribution in [0, 0.1) is 0 Å². The van der Waals surface area contributed by atoms with Gasteiger partial charge in [0.15, 0.2) is 5.78 Å². The number of fused-ring (bicyclic) bond motifs is 3. The second-order valence-corrected chi connectivity index (χ2v) is 7.91. The van der Waals surface area contributed by atoms with Gasteiger partial charge in [-0.1, -0.05) is 24.3 Å². The predicted octanol–water partition coefficient (Wildman–Crippen LogP) is 3.89. The molecule has 1 aromatic carbocycles. The predicted molar refractivity (Wildman–Crippen MR) is 94.7 cm³/mol. The highest BCUT2D eigenvalue weighted by atomic mass is 32.2. The molecule has 4 nitrogen and oxygen atoms in total. The van der Waals surface area contributed by atoms with Crippen molar-refractivity contribution in [2.24, 2.45) is 0 Å². The molecule has 1 aliphatic heterocycles. The molecule has 0 fully saturated rings. The number of Topliss-reactive ketones (excluding diaryl/α,β-unsaturated/α-hetero) is 1. The summed E-state index contributed by atoms with van der Waals surface area (Å²) in [7, 11) is 0. The Labute approximate surface area is 141 Å². The topological polar surface area (TPSA) is 62.8 Å². The zero-order chi connectivity index (χ0) is 16.0. The molecule has 0 aliphatic carbocycles. The molecule has 23 heavy (non-hydrogen) atoms. The number of ketones is 1. The molecule has 0 saturated carbocycles. The van der Waals surface area contributed by atoms with Crippen LogP contribution in [0.1, 0.15) is 29.3 Å². The van der Waals surface area contributed by atoms with Crippen molar-refractivity contribution >= 4 is 39.1 Å². The van der Waals surface area contributed by atoms with E-state index in [2.05, 4.69) is 9.97 Å². The van der Waals surface area contributed by atoms with Gasteiger partial charge in [0, 0.05) is 11.1 Å². The minimum absolute atomic E-state index is 0.0245. The number of nitrogens with zero attached hydrogens (tertiary/aromatic N) is 1. The average Bonchev–Trinajstić information content (AvgIpc) is 2.93. The molecule has 1 aliphatic rings. The molecule has 3 heterocycles. The summed E-state index contributed by atoms with van der Waals surface area (Å²) in [5.41, 5.74) is 2.56. The van der Waals surface area contributed by atoms with Gasteiger partial charge in [-0.2, -0.15) is 0 Å². The number of carbonyl (C=O) groups excluding carboxylic acids is 1. The van der Waals surface area contributed by atoms with Crippen molar-refractivity contribution < 1.29 is 4.79 Å². The smallest absolute Gasteiger partial charge is 0.260 e. The number of hydrogen-bond acceptors (Lipinski definition) is 5. The van der Waals surface area contributed by atoms with Gasteiger partial charge in [0.25, 0.3) is 5.56 Å². The van der Waals surface area contributed by atoms with Crippen LogP contribution in [0.3, 0.4) is 0 Å². The van der Waals surface area contributed by atoms with Gasteiger partial charge in [0.2, 0.25) is 0 Å². The summed E-state index contributed by atoms with van der Waals surface area (Å²) in [5, 5.41) is 0.751. The van der Waals surface area contributed by atoms with Gasteiger partial charge >= 0.3 is 0 Å². The molecule has 0 amide bonds. The Hall–Kier alpha value is -1.92. The summed E-state index contributed by atoms with van der Waals surface area (Å²) in [4.78, 5) is 32.2. The lowest BCUT2D eigenvalue weighted by molar-refractivity contribution is 0.101. The molecule has 0 unspecified atom stereocenters. The van der Waals surface area contributed by atoms with E-state index in [-0.39, 0.29) is 11.3 Å². The number of rotatable bonds is 2. The maximum absolute atomic E-state index is 12.5. The minimum Gasteiger partial charge on any atom is -0.306 e. The van der Waals surface area contributed by atoms with E-state index in [1.165, 1.54) is 11.1 Å². The fourth-order valence-electron chi connectivity index (χ4n) is 2.80. The Balaban J connectivity index is 1.85. The van der Waals surface area contributed by atoms with Gasteiger partial charge in [-0.25, -0.2) is 4.98 Å². The van der Waals surface area contributed by atoms with E-state index in [9.17, 15) is 9.59 Å². The fourth-order valence-corrected chi connectivity index (χ4v) is 5.33. The van der Waals surface area contributed by atoms with Crippen molar-refractivity contribution in [2.75, 3.05) is 5.75 Å². The lowest BCUT2D eigenvalue weighted by Crippen LogP contribution is -2.10. The standard InChI is InChI=1S/C17H14N2O2S2/c1-9(20)10-4-6-11(7-5-10)14-18-15(21)13-12-3-2-8-22-17(12)23-16(13)19-14/h4-7H,2-3,8H2,1H3,(H,18,19,21). The van der Waals surface area contributed by atoms with E-state index >= 15 is 0 Å². The van der Waals surface area contributed by atoms with Crippen LogP contribution in [0.4, 0.5) is 0 Å². The number of thioether (sulfide) groups is 1. The zero-order valence-corrected chi connectivity index (χ0v) is 14.1. The first-order chi connectivity index (χ1) is 11.1. The number of aryl methyl sites for hydroxylation is 1. The number of hydrogen-bond donors (Lipinski definition) is 1. The highest BCUT2D eigenvalue weighted by Gasteiger charge is 2.20. The zero-order valence-electron chi connectivity index (χ0n) is 12.5. The first-order valence-corrected chi connectivity index (χ1v) is 9.23. The van der Waals surface area contributed by atoms with Crippen LogP contribution in [-0.4, -0.2) is 21.5 Å². The van der Waals surface area contributed by atoms with Gasteiger partial charge in [-0.3, -0.25) is 9.59 Å². The van der Waals surface area contributed by atoms with Crippen LogP contribution < -0.4 is 5.56 Å². The number of nitrogens with one attached hydrogen (secondary N) is 1. The van der Waals surface area contributed by atoms with E-state index in [4.69, 9.17) is 0 Å². The highest BCUT2D eigenvalue weighted by molar-refractivity contribution is 8.01. The maximum Gasteiger partial charge on any atom is 0.260 e. The van der Waals surface area contributed by atoms with Crippen LogP contribution in [0.2, 0.25) is 0 Å². The molecule has 0 saturated heterocycles. The monoisotopic (exact) mass is 342 g/mol. The molecule has 0 spiro atoms. The van der Waals surface area contributed by atoms with E-state index in [1.54, 1.807) is 23.5 Å². The molecule has 2 aromatic heterocycles. The Bertz CT molecular complexity index is 971. The normalized spacial score (nSPS) is 14.0. The van der Waals surface area contributed by atoms with Crippen LogP contribution >= 0.6 is 23.1 Å². The first-order valence-electron chi connectivity index (χ1n) is 7.43. The van der Waals surface area contributed by atoms with E-state index < -0.39 is 0 Å². The number of carbonyl (C=O) groups is 1. The van der Waals surface area contributed by atoms with Gasteiger partial charge in [-0.15, -0.1) is 23.1 Å². The number of benzene rings is 1. The van der Waals surface area contributed by atoms with Crippen molar-refractivity contribution in [3.63, 3.8) is 0 Å². The van der Waals surface area contributed by atoms with E-state index in [1.807, 2.05) is 23.9 Å². The van der Waals surface area contributed by atoms with Crippen molar-refractivity contribution in [1.82, 2.24) is 9.97 Å². The van der Waals surface area contributed by atoms with Gasteiger partial charge in [-0.05, 0) is 31.1 Å². The fraction of sp³-hybridized carbons (Fsp3) is 0.235. The van der Waals surface area contributed by atoms with Crippen LogP contribution in [0.15, 0.2) is 33.3 Å². The second-order valence-electron chi connectivity index (χ2n) is 5.55. The van der Waals surface area contributed by atoms with Crippen molar-refractivity contribution in [3.8, 4) is 11.4 Å². The van der Waals surface area contributed by atoms with Gasteiger partial charge < -0.3 is 4.98 Å². The molecule has 6 heteroatoms. The molecular formula is C17H14N2O2S2. The van der Waals surface area contributed by atoms with Crippen LogP contribution in [-0.2, 0) is 6.42 Å². The Morgan fingerprint density at radius 2 is 2.04 bits per heavy atom. The SMILES string of the molecule is CC(=O)c1ccc(-c2nc3sc4c(c3c(=O)[nH]2)CCCS4)cc1. The third kappa shape index (κ3) is 2.52. The Morgan fingerprint density at radius 3 is 2.78 bits per heavy atom. The number of aromatic amines is 1. The molecule has 0 atom stereocenters. The molecule has 116 valence electrons. The molecule has 4 rings (SSSR count). The maximum atomic E-state index is 12.5. The largest absolute Gasteiger partial charge is 0.306 e. The van der Waals surface area contributed by atoms with E-state index in [0.29, 0.717) is 11.4 Å². The van der Waals surface area contributed by atoms with Gasteiger partial charge in [0.05, 0.1) is 9.60 Å². The molecule has 3 aromatic rings. The third-order valence-electron chi connectivity index (χ3n) is 3.99. The molecule has 0 bridgehead atoms. The van der Waals surface area contributed by atoms with Crippen LogP contribution in [0.25, 0.3) is 21.6 Å². The van der Waals surface area contributed by atoms with E-state index in [0.717, 1.165) is 39.9 Å². The molecule has 0 radical (unpaired) electrons.